The number of likely N-dealkylation sites (tertiary alicyclic amines) is 1. The number of aryl methyl sites for hydroxylation is 2. The molecular formula is C17H26N2O2S. The Bertz CT molecular complexity index is 565. The third-order valence-corrected chi connectivity index (χ3v) is 5.06. The largest absolute Gasteiger partial charge is 0.349 e. The molecule has 0 bridgehead atoms. The third kappa shape index (κ3) is 3.88. The third-order valence-electron chi connectivity index (χ3n) is 4.08. The maximum Gasteiger partial charge on any atom is 0.225 e. The highest BCUT2D eigenvalue weighted by Crippen LogP contribution is 2.27. The molecule has 0 aliphatic carbocycles. The topological polar surface area (TPSA) is 49.4 Å². The quantitative estimate of drug-likeness (QED) is 0.906. The Balaban J connectivity index is 1.95. The Morgan fingerprint density at radius 3 is 2.64 bits per heavy atom. The molecule has 0 saturated carbocycles. The van der Waals surface area contributed by atoms with Gasteiger partial charge in [0.2, 0.25) is 11.8 Å². The van der Waals surface area contributed by atoms with Gasteiger partial charge in [0.25, 0.3) is 0 Å². The highest BCUT2D eigenvalue weighted by Gasteiger charge is 2.34. The van der Waals surface area contributed by atoms with Crippen LogP contribution >= 0.6 is 11.3 Å². The van der Waals surface area contributed by atoms with E-state index in [1.807, 2.05) is 11.8 Å². The Hall–Kier alpha value is -1.36. The fourth-order valence-corrected chi connectivity index (χ4v) is 4.08. The molecule has 1 aliphatic heterocycles. The number of thiophene rings is 1. The predicted molar refractivity (Wildman–Crippen MR) is 89.9 cm³/mol. The number of rotatable bonds is 5. The van der Waals surface area contributed by atoms with E-state index >= 15 is 0 Å². The van der Waals surface area contributed by atoms with E-state index in [1.165, 1.54) is 15.3 Å². The molecule has 2 rings (SSSR count). The predicted octanol–water partition coefficient (Wildman–Crippen LogP) is 3.05. The first-order valence-corrected chi connectivity index (χ1v) is 8.74. The Kier molecular flexibility index (Phi) is 5.27. The number of nitrogens with one attached hydrogen (secondary N) is 1. The van der Waals surface area contributed by atoms with E-state index in [0.717, 1.165) is 6.54 Å². The summed E-state index contributed by atoms with van der Waals surface area (Å²) in [6, 6.07) is 2.13. The van der Waals surface area contributed by atoms with Gasteiger partial charge in [-0.3, -0.25) is 9.59 Å². The molecule has 2 unspecified atom stereocenters. The minimum atomic E-state index is -0.214. The van der Waals surface area contributed by atoms with Gasteiger partial charge in [0.15, 0.2) is 0 Å². The van der Waals surface area contributed by atoms with E-state index in [2.05, 4.69) is 39.1 Å². The van der Waals surface area contributed by atoms with Crippen molar-refractivity contribution in [2.45, 2.75) is 47.1 Å². The standard InChI is InChI=1S/C17H26N2O2S/c1-10(2)8-19-9-14(7-16(19)20)17(21)18-12(4)15-6-11(3)22-13(15)5/h6,10,12,14H,7-9H2,1-5H3,(H,18,21). The lowest BCUT2D eigenvalue weighted by Gasteiger charge is -2.20. The van der Waals surface area contributed by atoms with Crippen molar-refractivity contribution in [1.82, 2.24) is 10.2 Å². The smallest absolute Gasteiger partial charge is 0.225 e. The maximum absolute atomic E-state index is 12.4. The zero-order valence-corrected chi connectivity index (χ0v) is 14.9. The van der Waals surface area contributed by atoms with Crippen LogP contribution in [0.2, 0.25) is 0 Å². The van der Waals surface area contributed by atoms with E-state index < -0.39 is 0 Å². The Labute approximate surface area is 136 Å². The molecule has 22 heavy (non-hydrogen) atoms. The SMILES string of the molecule is Cc1cc(C(C)NC(=O)C2CC(=O)N(CC(C)C)C2)c(C)s1. The lowest BCUT2D eigenvalue weighted by Crippen LogP contribution is -2.35. The maximum atomic E-state index is 12.4. The molecule has 0 spiro atoms. The summed E-state index contributed by atoms with van der Waals surface area (Å²) < 4.78 is 0. The van der Waals surface area contributed by atoms with Crippen LogP contribution in [0.15, 0.2) is 6.07 Å². The average Bonchev–Trinajstić information content (AvgIpc) is 2.92. The Morgan fingerprint density at radius 2 is 2.09 bits per heavy atom. The highest BCUT2D eigenvalue weighted by molar-refractivity contribution is 7.12. The molecule has 2 heterocycles. The second-order valence-corrected chi connectivity index (χ2v) is 8.15. The van der Waals surface area contributed by atoms with Crippen LogP contribution < -0.4 is 5.32 Å². The summed E-state index contributed by atoms with van der Waals surface area (Å²) in [6.45, 7) is 11.6. The van der Waals surface area contributed by atoms with Crippen molar-refractivity contribution in [3.8, 4) is 0 Å². The van der Waals surface area contributed by atoms with Crippen molar-refractivity contribution in [2.24, 2.45) is 11.8 Å². The summed E-state index contributed by atoms with van der Waals surface area (Å²) in [5.74, 6) is 0.314. The Morgan fingerprint density at radius 1 is 1.41 bits per heavy atom. The first-order chi connectivity index (χ1) is 10.3. The van der Waals surface area contributed by atoms with Gasteiger partial charge in [-0.15, -0.1) is 11.3 Å². The molecule has 0 aromatic carbocycles. The van der Waals surface area contributed by atoms with E-state index in [0.29, 0.717) is 18.9 Å². The molecule has 1 aromatic rings. The van der Waals surface area contributed by atoms with E-state index in [1.54, 1.807) is 11.3 Å². The van der Waals surface area contributed by atoms with Gasteiger partial charge in [0, 0.05) is 29.3 Å². The fourth-order valence-electron chi connectivity index (χ4n) is 3.05. The zero-order chi connectivity index (χ0) is 16.4. The zero-order valence-electron chi connectivity index (χ0n) is 14.1. The van der Waals surface area contributed by atoms with Crippen LogP contribution in [0.5, 0.6) is 0 Å². The second-order valence-electron chi connectivity index (χ2n) is 6.69. The molecule has 5 heteroatoms. The summed E-state index contributed by atoms with van der Waals surface area (Å²) in [6.07, 6.45) is 0.340. The normalized spacial score (nSPS) is 19.8. The number of amides is 2. The van der Waals surface area contributed by atoms with Crippen molar-refractivity contribution in [3.63, 3.8) is 0 Å². The number of hydrogen-bond acceptors (Lipinski definition) is 3. The van der Waals surface area contributed by atoms with Crippen molar-refractivity contribution in [1.29, 1.82) is 0 Å². The summed E-state index contributed by atoms with van der Waals surface area (Å²) in [4.78, 5) is 28.7. The van der Waals surface area contributed by atoms with Gasteiger partial charge >= 0.3 is 0 Å². The lowest BCUT2D eigenvalue weighted by molar-refractivity contribution is -0.129. The van der Waals surface area contributed by atoms with Gasteiger partial charge in [-0.25, -0.2) is 0 Å². The molecule has 1 saturated heterocycles. The minimum absolute atomic E-state index is 0.00430. The number of hydrogen-bond donors (Lipinski definition) is 1. The van der Waals surface area contributed by atoms with Crippen molar-refractivity contribution in [2.75, 3.05) is 13.1 Å². The first-order valence-electron chi connectivity index (χ1n) is 7.93. The van der Waals surface area contributed by atoms with E-state index in [-0.39, 0.29) is 23.8 Å². The number of carbonyl (C=O) groups is 2. The van der Waals surface area contributed by atoms with Crippen LogP contribution in [0.25, 0.3) is 0 Å². The molecular weight excluding hydrogens is 296 g/mol. The van der Waals surface area contributed by atoms with Gasteiger partial charge in [-0.1, -0.05) is 13.8 Å². The molecule has 1 N–H and O–H groups in total. The highest BCUT2D eigenvalue weighted by atomic mass is 32.1. The van der Waals surface area contributed by atoms with E-state index in [9.17, 15) is 9.59 Å². The average molecular weight is 322 g/mol. The van der Waals surface area contributed by atoms with Crippen LogP contribution in [0, 0.1) is 25.7 Å². The van der Waals surface area contributed by atoms with Crippen molar-refractivity contribution >= 4 is 23.2 Å². The monoisotopic (exact) mass is 322 g/mol. The van der Waals surface area contributed by atoms with Crippen LogP contribution in [0.3, 0.4) is 0 Å². The molecule has 1 fully saturated rings. The lowest BCUT2D eigenvalue weighted by atomic mass is 10.1. The van der Waals surface area contributed by atoms with Gasteiger partial charge in [0.1, 0.15) is 0 Å². The van der Waals surface area contributed by atoms with Crippen molar-refractivity contribution < 1.29 is 9.59 Å². The molecule has 2 amide bonds. The molecule has 2 atom stereocenters. The molecule has 122 valence electrons. The number of carbonyl (C=O) groups excluding carboxylic acids is 2. The van der Waals surface area contributed by atoms with Crippen molar-refractivity contribution in [3.05, 3.63) is 21.4 Å². The summed E-state index contributed by atoms with van der Waals surface area (Å²) in [5, 5.41) is 3.08. The minimum Gasteiger partial charge on any atom is -0.349 e. The molecule has 1 aromatic heterocycles. The van der Waals surface area contributed by atoms with Gasteiger partial charge < -0.3 is 10.2 Å². The first kappa shape index (κ1) is 17.0. The van der Waals surface area contributed by atoms with Crippen LogP contribution in [-0.4, -0.2) is 29.8 Å². The molecule has 0 radical (unpaired) electrons. The van der Waals surface area contributed by atoms with Crippen LogP contribution in [-0.2, 0) is 9.59 Å². The fraction of sp³-hybridized carbons (Fsp3) is 0.647. The second kappa shape index (κ2) is 6.82. The van der Waals surface area contributed by atoms with Gasteiger partial charge in [-0.2, -0.15) is 0 Å². The van der Waals surface area contributed by atoms with Crippen LogP contribution in [0.1, 0.15) is 48.6 Å². The number of nitrogens with zero attached hydrogens (tertiary/aromatic N) is 1. The van der Waals surface area contributed by atoms with Crippen LogP contribution in [0.4, 0.5) is 0 Å². The van der Waals surface area contributed by atoms with Gasteiger partial charge in [-0.05, 0) is 38.3 Å². The van der Waals surface area contributed by atoms with E-state index in [4.69, 9.17) is 0 Å². The molecule has 4 nitrogen and oxygen atoms in total. The van der Waals surface area contributed by atoms with Gasteiger partial charge in [0.05, 0.1) is 12.0 Å². The molecule has 1 aliphatic rings. The summed E-state index contributed by atoms with van der Waals surface area (Å²) >= 11 is 1.75. The summed E-state index contributed by atoms with van der Waals surface area (Å²) in [5.41, 5.74) is 1.18. The summed E-state index contributed by atoms with van der Waals surface area (Å²) in [7, 11) is 0.